The minimum atomic E-state index is -0.986. The van der Waals surface area contributed by atoms with Gasteiger partial charge in [0.25, 0.3) is 5.91 Å². The highest BCUT2D eigenvalue weighted by atomic mass is 19.1. The minimum Gasteiger partial charge on any atom is -0.481 e. The molecule has 1 amide bonds. The van der Waals surface area contributed by atoms with Crippen molar-refractivity contribution in [2.24, 2.45) is 0 Å². The highest BCUT2D eigenvalue weighted by molar-refractivity contribution is 5.95. The summed E-state index contributed by atoms with van der Waals surface area (Å²) in [5.41, 5.74) is 2.64. The first-order chi connectivity index (χ1) is 13.5. The number of carbonyl (C=O) groups is 2. The molecule has 1 saturated heterocycles. The molecule has 5 nitrogen and oxygen atoms in total. The van der Waals surface area contributed by atoms with Crippen molar-refractivity contribution in [2.75, 3.05) is 19.8 Å². The van der Waals surface area contributed by atoms with Crippen molar-refractivity contribution in [3.05, 3.63) is 59.4 Å². The summed E-state index contributed by atoms with van der Waals surface area (Å²) in [6.45, 7) is 3.05. The molecule has 6 heteroatoms. The first-order valence-electron chi connectivity index (χ1n) is 9.43. The van der Waals surface area contributed by atoms with E-state index in [0.717, 1.165) is 11.1 Å². The predicted molar refractivity (Wildman–Crippen MR) is 104 cm³/mol. The van der Waals surface area contributed by atoms with Gasteiger partial charge < -0.3 is 14.7 Å². The first-order valence-corrected chi connectivity index (χ1v) is 9.43. The highest BCUT2D eigenvalue weighted by Crippen LogP contribution is 2.25. The van der Waals surface area contributed by atoms with Crippen LogP contribution in [0.2, 0.25) is 0 Å². The molecule has 1 heterocycles. The van der Waals surface area contributed by atoms with Crippen LogP contribution in [0.25, 0.3) is 11.1 Å². The standard InChI is InChI=1S/C22H24FNO4/c1-15-2-4-16(5-3-15)17-6-7-19(20(23)14-17)22(27)24(11-8-21(25)26)18-9-12-28-13-10-18/h2-7,14,18H,8-13H2,1H3,(H,25,26). The molecule has 0 unspecified atom stereocenters. The Labute approximate surface area is 163 Å². The fourth-order valence-corrected chi connectivity index (χ4v) is 3.43. The average molecular weight is 385 g/mol. The summed E-state index contributed by atoms with van der Waals surface area (Å²) in [7, 11) is 0. The van der Waals surface area contributed by atoms with Crippen LogP contribution in [0.4, 0.5) is 4.39 Å². The number of halogens is 1. The van der Waals surface area contributed by atoms with E-state index in [1.165, 1.54) is 17.0 Å². The van der Waals surface area contributed by atoms with E-state index in [1.807, 2.05) is 31.2 Å². The van der Waals surface area contributed by atoms with Gasteiger partial charge in [0, 0.05) is 25.8 Å². The van der Waals surface area contributed by atoms with Gasteiger partial charge in [0.1, 0.15) is 5.82 Å². The van der Waals surface area contributed by atoms with Crippen molar-refractivity contribution in [1.82, 2.24) is 4.90 Å². The average Bonchev–Trinajstić information content (AvgIpc) is 2.69. The number of hydrogen-bond donors (Lipinski definition) is 1. The topological polar surface area (TPSA) is 66.8 Å². The normalized spacial score (nSPS) is 14.6. The van der Waals surface area contributed by atoms with Crippen LogP contribution in [-0.2, 0) is 9.53 Å². The number of carbonyl (C=O) groups excluding carboxylic acids is 1. The maximum atomic E-state index is 14.8. The number of hydrogen-bond acceptors (Lipinski definition) is 3. The van der Waals surface area contributed by atoms with E-state index in [2.05, 4.69) is 0 Å². The number of amides is 1. The van der Waals surface area contributed by atoms with Gasteiger partial charge in [0.05, 0.1) is 12.0 Å². The van der Waals surface area contributed by atoms with Crippen molar-refractivity contribution in [2.45, 2.75) is 32.2 Å². The molecule has 1 aliphatic rings. The summed E-state index contributed by atoms with van der Waals surface area (Å²) < 4.78 is 20.1. The molecule has 0 radical (unpaired) electrons. The van der Waals surface area contributed by atoms with Gasteiger partial charge in [-0.1, -0.05) is 35.9 Å². The molecule has 2 aromatic rings. The molecular formula is C22H24FNO4. The number of carboxylic acids is 1. The van der Waals surface area contributed by atoms with Gasteiger partial charge in [-0.3, -0.25) is 9.59 Å². The first kappa shape index (κ1) is 20.0. The fourth-order valence-electron chi connectivity index (χ4n) is 3.43. The smallest absolute Gasteiger partial charge is 0.305 e. The van der Waals surface area contributed by atoms with Crippen LogP contribution < -0.4 is 0 Å². The molecule has 0 aliphatic carbocycles. The number of aryl methyl sites for hydroxylation is 1. The van der Waals surface area contributed by atoms with E-state index >= 15 is 0 Å². The van der Waals surface area contributed by atoms with Gasteiger partial charge in [0.15, 0.2) is 0 Å². The Hall–Kier alpha value is -2.73. The molecule has 148 valence electrons. The number of benzene rings is 2. The maximum absolute atomic E-state index is 14.8. The van der Waals surface area contributed by atoms with E-state index in [0.29, 0.717) is 31.6 Å². The molecule has 0 atom stereocenters. The van der Waals surface area contributed by atoms with Crippen molar-refractivity contribution < 1.29 is 23.8 Å². The molecule has 28 heavy (non-hydrogen) atoms. The van der Waals surface area contributed by atoms with Crippen molar-refractivity contribution in [1.29, 1.82) is 0 Å². The van der Waals surface area contributed by atoms with Crippen LogP contribution in [0.1, 0.15) is 35.2 Å². The lowest BCUT2D eigenvalue weighted by atomic mass is 10.0. The summed E-state index contributed by atoms with van der Waals surface area (Å²) in [5, 5.41) is 9.01. The lowest BCUT2D eigenvalue weighted by Gasteiger charge is -2.34. The third-order valence-corrected chi connectivity index (χ3v) is 5.04. The summed E-state index contributed by atoms with van der Waals surface area (Å²) in [6, 6.07) is 12.1. The second-order valence-electron chi connectivity index (χ2n) is 7.05. The Kier molecular flexibility index (Phi) is 6.41. The number of ether oxygens (including phenoxy) is 1. The lowest BCUT2D eigenvalue weighted by Crippen LogP contribution is -2.44. The number of aliphatic carboxylic acids is 1. The van der Waals surface area contributed by atoms with Crippen molar-refractivity contribution >= 4 is 11.9 Å². The number of carboxylic acid groups (broad SMARTS) is 1. The van der Waals surface area contributed by atoms with Gasteiger partial charge in [-0.2, -0.15) is 0 Å². The van der Waals surface area contributed by atoms with Crippen LogP contribution in [0, 0.1) is 12.7 Å². The SMILES string of the molecule is Cc1ccc(-c2ccc(C(=O)N(CCC(=O)O)C3CCOCC3)c(F)c2)cc1. The van der Waals surface area contributed by atoms with Gasteiger partial charge in [-0.05, 0) is 43.0 Å². The van der Waals surface area contributed by atoms with E-state index in [9.17, 15) is 14.0 Å². The maximum Gasteiger partial charge on any atom is 0.305 e. The second-order valence-corrected chi connectivity index (χ2v) is 7.05. The van der Waals surface area contributed by atoms with Crippen LogP contribution in [0.15, 0.2) is 42.5 Å². The molecule has 0 bridgehead atoms. The summed E-state index contributed by atoms with van der Waals surface area (Å²) in [6.07, 6.45) is 1.06. The van der Waals surface area contributed by atoms with Crippen molar-refractivity contribution in [3.8, 4) is 11.1 Å². The zero-order valence-electron chi connectivity index (χ0n) is 15.9. The van der Waals surface area contributed by atoms with Crippen LogP contribution >= 0.6 is 0 Å². The Morgan fingerprint density at radius 2 is 1.75 bits per heavy atom. The van der Waals surface area contributed by atoms with Crippen LogP contribution in [-0.4, -0.2) is 47.7 Å². The molecule has 0 saturated carbocycles. The van der Waals surface area contributed by atoms with E-state index in [1.54, 1.807) is 6.07 Å². The third kappa shape index (κ3) is 4.75. The minimum absolute atomic E-state index is 0.0345. The molecule has 1 fully saturated rings. The van der Waals surface area contributed by atoms with Crippen LogP contribution in [0.3, 0.4) is 0 Å². The lowest BCUT2D eigenvalue weighted by molar-refractivity contribution is -0.137. The third-order valence-electron chi connectivity index (χ3n) is 5.04. The molecule has 3 rings (SSSR count). The fraction of sp³-hybridized carbons (Fsp3) is 0.364. The zero-order valence-corrected chi connectivity index (χ0v) is 15.9. The molecule has 0 spiro atoms. The van der Waals surface area contributed by atoms with Gasteiger partial charge in [-0.25, -0.2) is 4.39 Å². The highest BCUT2D eigenvalue weighted by Gasteiger charge is 2.28. The Balaban J connectivity index is 1.85. The predicted octanol–water partition coefficient (Wildman–Crippen LogP) is 3.90. The van der Waals surface area contributed by atoms with E-state index < -0.39 is 17.7 Å². The molecular weight excluding hydrogens is 361 g/mol. The summed E-state index contributed by atoms with van der Waals surface area (Å²) in [5.74, 6) is -2.06. The zero-order chi connectivity index (χ0) is 20.1. The van der Waals surface area contributed by atoms with Gasteiger partial charge >= 0.3 is 5.97 Å². The van der Waals surface area contributed by atoms with Gasteiger partial charge in [-0.15, -0.1) is 0 Å². The van der Waals surface area contributed by atoms with Gasteiger partial charge in [0.2, 0.25) is 0 Å². The Morgan fingerprint density at radius 3 is 2.36 bits per heavy atom. The van der Waals surface area contributed by atoms with Crippen LogP contribution in [0.5, 0.6) is 0 Å². The summed E-state index contributed by atoms with van der Waals surface area (Å²) >= 11 is 0. The quantitative estimate of drug-likeness (QED) is 0.819. The molecule has 1 N–H and O–H groups in total. The molecule has 0 aromatic heterocycles. The number of rotatable bonds is 6. The Morgan fingerprint density at radius 1 is 1.11 bits per heavy atom. The Bertz CT molecular complexity index is 844. The largest absolute Gasteiger partial charge is 0.481 e. The van der Waals surface area contributed by atoms with Crippen molar-refractivity contribution in [3.63, 3.8) is 0 Å². The van der Waals surface area contributed by atoms with E-state index in [4.69, 9.17) is 9.84 Å². The second kappa shape index (κ2) is 8.97. The van der Waals surface area contributed by atoms with E-state index in [-0.39, 0.29) is 24.6 Å². The summed E-state index contributed by atoms with van der Waals surface area (Å²) in [4.78, 5) is 25.5. The molecule has 2 aromatic carbocycles. The number of nitrogens with zero attached hydrogens (tertiary/aromatic N) is 1. The molecule has 1 aliphatic heterocycles. The monoisotopic (exact) mass is 385 g/mol.